The fourth-order valence-electron chi connectivity index (χ4n) is 1.84. The number of hydrazone groups is 1. The van der Waals surface area contributed by atoms with Gasteiger partial charge in [-0.1, -0.05) is 30.3 Å². The zero-order valence-corrected chi connectivity index (χ0v) is 11.8. The van der Waals surface area contributed by atoms with Crippen LogP contribution < -0.4 is 0 Å². The third kappa shape index (κ3) is 2.74. The van der Waals surface area contributed by atoms with Gasteiger partial charge in [-0.05, 0) is 19.4 Å². The minimum atomic E-state index is -0.158. The van der Waals surface area contributed by atoms with E-state index in [1.54, 1.807) is 27.1 Å². The molecule has 0 saturated carbocycles. The maximum Gasteiger partial charge on any atom is 0.207 e. The highest BCUT2D eigenvalue weighted by Gasteiger charge is 2.25. The summed E-state index contributed by atoms with van der Waals surface area (Å²) in [5.74, 6) is -0.298. The summed E-state index contributed by atoms with van der Waals surface area (Å²) in [5, 5.41) is 5.64. The first kappa shape index (κ1) is 13.9. The summed E-state index contributed by atoms with van der Waals surface area (Å²) in [6.45, 7) is 3.33. The Morgan fingerprint density at radius 1 is 1.05 bits per heavy atom. The molecule has 0 fully saturated rings. The lowest BCUT2D eigenvalue weighted by atomic mass is 9.95. The van der Waals surface area contributed by atoms with Crippen LogP contribution in [0.3, 0.4) is 0 Å². The zero-order valence-electron chi connectivity index (χ0n) is 11.8. The summed E-state index contributed by atoms with van der Waals surface area (Å²) in [5.41, 5.74) is 2.21. The number of Topliss-reactive ketones (excluding diaryl/α,β-unsaturated/α-hetero) is 1. The van der Waals surface area contributed by atoms with E-state index in [1.807, 2.05) is 30.3 Å². The third-order valence-corrected chi connectivity index (χ3v) is 3.30. The minimum absolute atomic E-state index is 0.140. The lowest BCUT2D eigenvalue weighted by molar-refractivity contribution is -0.116. The van der Waals surface area contributed by atoms with Crippen LogP contribution in [0.1, 0.15) is 19.4 Å². The quantitative estimate of drug-likeness (QED) is 0.480. The van der Waals surface area contributed by atoms with Crippen LogP contribution in [0.5, 0.6) is 0 Å². The number of ketones is 2. The largest absolute Gasteiger partial charge is 0.290 e. The molecular formula is C16H16N2O2. The molecule has 0 heterocycles. The first-order valence-corrected chi connectivity index (χ1v) is 6.31. The number of hydrogen-bond acceptors (Lipinski definition) is 4. The Kier molecular flexibility index (Phi) is 3.94. The number of carbonyl (C=O) groups excluding carboxylic acids is 2. The molecule has 0 aromatic heterocycles. The number of carbonyl (C=O) groups is 2. The average molecular weight is 268 g/mol. The molecule has 2 rings (SSSR count). The van der Waals surface area contributed by atoms with E-state index in [-0.39, 0.29) is 11.6 Å². The molecule has 0 N–H and O–H groups in total. The van der Waals surface area contributed by atoms with Crippen LogP contribution >= 0.6 is 0 Å². The van der Waals surface area contributed by atoms with Gasteiger partial charge >= 0.3 is 0 Å². The van der Waals surface area contributed by atoms with Gasteiger partial charge in [0.1, 0.15) is 5.70 Å². The normalized spacial score (nSPS) is 15.8. The number of benzene rings is 1. The van der Waals surface area contributed by atoms with Gasteiger partial charge in [-0.3, -0.25) is 14.6 Å². The van der Waals surface area contributed by atoms with Crippen molar-refractivity contribution in [1.82, 2.24) is 5.01 Å². The summed E-state index contributed by atoms with van der Waals surface area (Å²) in [7, 11) is 1.66. The van der Waals surface area contributed by atoms with Crippen molar-refractivity contribution in [3.8, 4) is 0 Å². The molecule has 0 amide bonds. The van der Waals surface area contributed by atoms with Crippen molar-refractivity contribution in [2.45, 2.75) is 13.8 Å². The van der Waals surface area contributed by atoms with Crippen LogP contribution in [0.15, 0.2) is 58.4 Å². The van der Waals surface area contributed by atoms with Crippen molar-refractivity contribution >= 4 is 17.8 Å². The van der Waals surface area contributed by atoms with Crippen LogP contribution in [0.2, 0.25) is 0 Å². The number of likely N-dealkylation sites (N-methyl/N-ethyl adjacent to an activating group) is 1. The van der Waals surface area contributed by atoms with Crippen LogP contribution in [-0.4, -0.2) is 29.8 Å². The fraction of sp³-hybridized carbons (Fsp3) is 0.188. The zero-order chi connectivity index (χ0) is 14.7. The monoisotopic (exact) mass is 268 g/mol. The Morgan fingerprint density at radius 3 is 2.35 bits per heavy atom. The van der Waals surface area contributed by atoms with E-state index in [0.717, 1.165) is 5.56 Å². The third-order valence-electron chi connectivity index (χ3n) is 3.30. The average Bonchev–Trinajstić information content (AvgIpc) is 2.47. The SMILES string of the molecule is CC1=C(C)C(=O)C(N(C)/N=C/c2ccccc2)=CC1=O. The predicted octanol–water partition coefficient (Wildman–Crippen LogP) is 2.32. The Balaban J connectivity index is 2.20. The van der Waals surface area contributed by atoms with E-state index in [2.05, 4.69) is 5.10 Å². The number of rotatable bonds is 3. The second kappa shape index (κ2) is 5.65. The van der Waals surface area contributed by atoms with E-state index in [9.17, 15) is 9.59 Å². The Bertz CT molecular complexity index is 640. The van der Waals surface area contributed by atoms with Gasteiger partial charge in [0.2, 0.25) is 5.78 Å². The van der Waals surface area contributed by atoms with E-state index in [0.29, 0.717) is 16.8 Å². The molecule has 1 aliphatic rings. The highest BCUT2D eigenvalue weighted by Crippen LogP contribution is 2.20. The number of allylic oxidation sites excluding steroid dienone is 3. The molecule has 4 nitrogen and oxygen atoms in total. The van der Waals surface area contributed by atoms with Gasteiger partial charge in [-0.25, -0.2) is 0 Å². The molecule has 1 aromatic carbocycles. The summed E-state index contributed by atoms with van der Waals surface area (Å²) in [4.78, 5) is 23.9. The van der Waals surface area contributed by atoms with Gasteiger partial charge in [0.25, 0.3) is 0 Å². The van der Waals surface area contributed by atoms with Gasteiger partial charge in [-0.2, -0.15) is 5.10 Å². The first-order valence-electron chi connectivity index (χ1n) is 6.31. The summed E-state index contributed by atoms with van der Waals surface area (Å²) >= 11 is 0. The lowest BCUT2D eigenvalue weighted by Crippen LogP contribution is -2.25. The number of nitrogens with zero attached hydrogens (tertiary/aromatic N) is 2. The van der Waals surface area contributed by atoms with Crippen molar-refractivity contribution in [2.75, 3.05) is 7.05 Å². The Hall–Kier alpha value is -2.49. The first-order chi connectivity index (χ1) is 9.50. The van der Waals surface area contributed by atoms with E-state index in [1.165, 1.54) is 11.1 Å². The predicted molar refractivity (Wildman–Crippen MR) is 78.3 cm³/mol. The molecule has 4 heteroatoms. The number of hydrogen-bond donors (Lipinski definition) is 0. The molecule has 0 unspecified atom stereocenters. The maximum atomic E-state index is 12.1. The van der Waals surface area contributed by atoms with Crippen LogP contribution in [-0.2, 0) is 9.59 Å². The van der Waals surface area contributed by atoms with Crippen LogP contribution in [0.4, 0.5) is 0 Å². The molecule has 0 atom stereocenters. The standard InChI is InChI=1S/C16H16N2O2/c1-11-12(2)16(20)14(9-15(11)19)18(3)17-10-13-7-5-4-6-8-13/h4-10H,1-3H3/b17-10+. The summed E-state index contributed by atoms with van der Waals surface area (Å²) in [6.07, 6.45) is 2.99. The van der Waals surface area contributed by atoms with Crippen molar-refractivity contribution < 1.29 is 9.59 Å². The van der Waals surface area contributed by atoms with Crippen molar-refractivity contribution in [1.29, 1.82) is 0 Å². The van der Waals surface area contributed by atoms with Gasteiger partial charge in [0.15, 0.2) is 5.78 Å². The Morgan fingerprint density at radius 2 is 1.70 bits per heavy atom. The molecule has 20 heavy (non-hydrogen) atoms. The van der Waals surface area contributed by atoms with Gasteiger partial charge in [-0.15, -0.1) is 0 Å². The Labute approximate surface area is 118 Å². The van der Waals surface area contributed by atoms with E-state index < -0.39 is 0 Å². The van der Waals surface area contributed by atoms with Gasteiger partial charge < -0.3 is 0 Å². The van der Waals surface area contributed by atoms with Crippen molar-refractivity contribution in [2.24, 2.45) is 5.10 Å². The highest BCUT2D eigenvalue weighted by atomic mass is 16.1. The summed E-state index contributed by atoms with van der Waals surface area (Å²) in [6, 6.07) is 9.56. The van der Waals surface area contributed by atoms with E-state index in [4.69, 9.17) is 0 Å². The smallest absolute Gasteiger partial charge is 0.207 e. The second-order valence-electron chi connectivity index (χ2n) is 4.65. The molecule has 1 aliphatic carbocycles. The van der Waals surface area contributed by atoms with Crippen LogP contribution in [0, 0.1) is 0 Å². The molecule has 102 valence electrons. The molecular weight excluding hydrogens is 252 g/mol. The summed E-state index contributed by atoms with van der Waals surface area (Å²) < 4.78 is 0. The maximum absolute atomic E-state index is 12.1. The van der Waals surface area contributed by atoms with E-state index >= 15 is 0 Å². The minimum Gasteiger partial charge on any atom is -0.290 e. The second-order valence-corrected chi connectivity index (χ2v) is 4.65. The molecule has 0 bridgehead atoms. The molecule has 0 aliphatic heterocycles. The lowest BCUT2D eigenvalue weighted by Gasteiger charge is -2.20. The van der Waals surface area contributed by atoms with Crippen LogP contribution in [0.25, 0.3) is 0 Å². The molecule has 1 aromatic rings. The molecule has 0 saturated heterocycles. The molecule has 0 radical (unpaired) electrons. The van der Waals surface area contributed by atoms with Gasteiger partial charge in [0, 0.05) is 24.3 Å². The fourth-order valence-corrected chi connectivity index (χ4v) is 1.84. The van der Waals surface area contributed by atoms with Crippen molar-refractivity contribution in [3.63, 3.8) is 0 Å². The van der Waals surface area contributed by atoms with Gasteiger partial charge in [0.05, 0.1) is 6.21 Å². The van der Waals surface area contributed by atoms with Crippen molar-refractivity contribution in [3.05, 3.63) is 58.8 Å². The topological polar surface area (TPSA) is 49.7 Å². The highest BCUT2D eigenvalue weighted by molar-refractivity contribution is 6.21. The molecule has 0 spiro atoms.